The molecule has 1 aliphatic rings. The molecule has 106 valence electrons. The first kappa shape index (κ1) is 14.2. The van der Waals surface area contributed by atoms with E-state index in [2.05, 4.69) is 0 Å². The Morgan fingerprint density at radius 1 is 1.26 bits per heavy atom. The summed E-state index contributed by atoms with van der Waals surface area (Å²) in [6.07, 6.45) is 3.40. The molecule has 0 saturated heterocycles. The average molecular weight is 264 g/mol. The van der Waals surface area contributed by atoms with E-state index in [0.717, 1.165) is 35.5 Å². The predicted molar refractivity (Wildman–Crippen MR) is 76.5 cm³/mol. The van der Waals surface area contributed by atoms with E-state index < -0.39 is 0 Å². The molecular weight excluding hydrogens is 240 g/mol. The molecule has 1 aliphatic carbocycles. The number of benzene rings is 1. The first-order valence-electron chi connectivity index (χ1n) is 6.77. The third-order valence-corrected chi connectivity index (χ3v) is 4.56. The highest BCUT2D eigenvalue weighted by molar-refractivity contribution is 5.51. The van der Waals surface area contributed by atoms with Crippen molar-refractivity contribution >= 4 is 0 Å². The van der Waals surface area contributed by atoms with Gasteiger partial charge >= 0.3 is 0 Å². The van der Waals surface area contributed by atoms with Gasteiger partial charge in [0, 0.05) is 22.6 Å². The van der Waals surface area contributed by atoms with Gasteiger partial charge in [-0.1, -0.05) is 12.5 Å². The number of hydrogen-bond donors (Lipinski definition) is 2. The number of ether oxygens (including phenoxy) is 2. The van der Waals surface area contributed by atoms with E-state index in [9.17, 15) is 0 Å². The van der Waals surface area contributed by atoms with Crippen LogP contribution in [0, 0.1) is 12.3 Å². The number of hydrogen-bond acceptors (Lipinski definition) is 4. The fourth-order valence-electron chi connectivity index (χ4n) is 3.03. The smallest absolute Gasteiger partial charge is 0.130 e. The zero-order chi connectivity index (χ0) is 14.0. The third kappa shape index (κ3) is 2.19. The second-order valence-electron chi connectivity index (χ2n) is 5.41. The van der Waals surface area contributed by atoms with Crippen molar-refractivity contribution in [2.75, 3.05) is 20.8 Å². The summed E-state index contributed by atoms with van der Waals surface area (Å²) in [7, 11) is 3.34. The average Bonchev–Trinajstić information content (AvgIpc) is 2.37. The highest BCUT2D eigenvalue weighted by atomic mass is 16.5. The van der Waals surface area contributed by atoms with Crippen LogP contribution in [0.15, 0.2) is 12.1 Å². The van der Waals surface area contributed by atoms with Crippen LogP contribution in [-0.2, 0) is 0 Å². The van der Waals surface area contributed by atoms with Gasteiger partial charge in [-0.05, 0) is 32.4 Å². The molecular formula is C15H24N2O2. The molecule has 1 atom stereocenters. The summed E-state index contributed by atoms with van der Waals surface area (Å²) in [5, 5.41) is 0. The van der Waals surface area contributed by atoms with Gasteiger partial charge in [-0.3, -0.25) is 0 Å². The molecule has 1 aromatic rings. The van der Waals surface area contributed by atoms with E-state index >= 15 is 0 Å². The van der Waals surface area contributed by atoms with E-state index in [1.54, 1.807) is 14.2 Å². The molecule has 1 aromatic carbocycles. The molecule has 2 rings (SSSR count). The standard InChI is InChI=1S/C15H24N2O2/c1-10-12(18-2)6-5-11(13(10)19-3)14(17)15(9-16)7-4-8-15/h5-6,14H,4,7-9,16-17H2,1-3H3. The predicted octanol–water partition coefficient (Wildman–Crippen LogP) is 2.14. The quantitative estimate of drug-likeness (QED) is 0.854. The van der Waals surface area contributed by atoms with E-state index in [1.165, 1.54) is 6.42 Å². The largest absolute Gasteiger partial charge is 0.496 e. The Kier molecular flexibility index (Phi) is 4.02. The summed E-state index contributed by atoms with van der Waals surface area (Å²) in [6.45, 7) is 2.62. The van der Waals surface area contributed by atoms with Gasteiger partial charge in [-0.2, -0.15) is 0 Å². The van der Waals surface area contributed by atoms with Gasteiger partial charge in [0.05, 0.1) is 14.2 Å². The maximum absolute atomic E-state index is 6.48. The summed E-state index contributed by atoms with van der Waals surface area (Å²) in [5.74, 6) is 1.65. The Morgan fingerprint density at radius 2 is 1.95 bits per heavy atom. The molecule has 1 saturated carbocycles. The number of nitrogens with two attached hydrogens (primary N) is 2. The van der Waals surface area contributed by atoms with E-state index in [-0.39, 0.29) is 11.5 Å². The van der Waals surface area contributed by atoms with Gasteiger partial charge in [-0.25, -0.2) is 0 Å². The molecule has 4 nitrogen and oxygen atoms in total. The lowest BCUT2D eigenvalue weighted by molar-refractivity contribution is 0.103. The Morgan fingerprint density at radius 3 is 2.37 bits per heavy atom. The lowest BCUT2D eigenvalue weighted by Gasteiger charge is -2.46. The van der Waals surface area contributed by atoms with Crippen molar-refractivity contribution in [3.05, 3.63) is 23.3 Å². The van der Waals surface area contributed by atoms with Gasteiger partial charge in [0.15, 0.2) is 0 Å². The lowest BCUT2D eigenvalue weighted by atomic mass is 9.62. The monoisotopic (exact) mass is 264 g/mol. The molecule has 0 heterocycles. The molecule has 4 N–H and O–H groups in total. The van der Waals surface area contributed by atoms with Crippen LogP contribution in [0.4, 0.5) is 0 Å². The number of methoxy groups -OCH3 is 2. The molecule has 0 bridgehead atoms. The molecule has 0 aliphatic heterocycles. The van der Waals surface area contributed by atoms with Gasteiger partial charge < -0.3 is 20.9 Å². The molecule has 4 heteroatoms. The van der Waals surface area contributed by atoms with Gasteiger partial charge in [0.2, 0.25) is 0 Å². The van der Waals surface area contributed by atoms with Crippen molar-refractivity contribution in [3.8, 4) is 11.5 Å². The van der Waals surface area contributed by atoms with Crippen molar-refractivity contribution < 1.29 is 9.47 Å². The Labute approximate surface area is 115 Å². The normalized spacial score (nSPS) is 18.6. The van der Waals surface area contributed by atoms with Crippen LogP contribution < -0.4 is 20.9 Å². The molecule has 1 unspecified atom stereocenters. The number of rotatable bonds is 5. The van der Waals surface area contributed by atoms with Gasteiger partial charge in [0.25, 0.3) is 0 Å². The molecule has 0 aromatic heterocycles. The Bertz CT molecular complexity index is 450. The van der Waals surface area contributed by atoms with Crippen molar-refractivity contribution in [2.24, 2.45) is 16.9 Å². The third-order valence-electron chi connectivity index (χ3n) is 4.56. The minimum atomic E-state index is -0.0780. The van der Waals surface area contributed by atoms with E-state index in [1.807, 2.05) is 19.1 Å². The fourth-order valence-corrected chi connectivity index (χ4v) is 3.03. The Hall–Kier alpha value is -1.26. The molecule has 0 spiro atoms. The van der Waals surface area contributed by atoms with Crippen LogP contribution in [0.25, 0.3) is 0 Å². The highest BCUT2D eigenvalue weighted by Gasteiger charge is 2.43. The van der Waals surface area contributed by atoms with Crippen LogP contribution in [0.2, 0.25) is 0 Å². The second-order valence-corrected chi connectivity index (χ2v) is 5.41. The first-order chi connectivity index (χ1) is 9.09. The van der Waals surface area contributed by atoms with Crippen LogP contribution in [-0.4, -0.2) is 20.8 Å². The van der Waals surface area contributed by atoms with Crippen molar-refractivity contribution in [3.63, 3.8) is 0 Å². The SMILES string of the molecule is COc1ccc(C(N)C2(CN)CCC2)c(OC)c1C. The zero-order valence-electron chi connectivity index (χ0n) is 12.0. The summed E-state index contributed by atoms with van der Waals surface area (Å²) >= 11 is 0. The lowest BCUT2D eigenvalue weighted by Crippen LogP contribution is -2.46. The summed E-state index contributed by atoms with van der Waals surface area (Å²) in [5.41, 5.74) is 14.5. The second kappa shape index (κ2) is 5.39. The molecule has 0 radical (unpaired) electrons. The molecule has 0 amide bonds. The zero-order valence-corrected chi connectivity index (χ0v) is 12.0. The molecule has 1 fully saturated rings. The highest BCUT2D eigenvalue weighted by Crippen LogP contribution is 2.50. The van der Waals surface area contributed by atoms with Crippen molar-refractivity contribution in [1.82, 2.24) is 0 Å². The van der Waals surface area contributed by atoms with Crippen molar-refractivity contribution in [1.29, 1.82) is 0 Å². The summed E-state index contributed by atoms with van der Waals surface area (Å²) < 4.78 is 10.9. The maximum atomic E-state index is 6.48. The minimum absolute atomic E-state index is 0.0360. The van der Waals surface area contributed by atoms with Gasteiger partial charge in [0.1, 0.15) is 11.5 Å². The Balaban J connectivity index is 2.42. The minimum Gasteiger partial charge on any atom is -0.496 e. The van der Waals surface area contributed by atoms with E-state index in [0.29, 0.717) is 6.54 Å². The molecule has 19 heavy (non-hydrogen) atoms. The van der Waals surface area contributed by atoms with Crippen LogP contribution >= 0.6 is 0 Å². The first-order valence-corrected chi connectivity index (χ1v) is 6.77. The fraction of sp³-hybridized carbons (Fsp3) is 0.600. The topological polar surface area (TPSA) is 70.5 Å². The summed E-state index contributed by atoms with van der Waals surface area (Å²) in [4.78, 5) is 0. The van der Waals surface area contributed by atoms with Crippen LogP contribution in [0.1, 0.15) is 36.4 Å². The maximum Gasteiger partial charge on any atom is 0.130 e. The van der Waals surface area contributed by atoms with Crippen LogP contribution in [0.3, 0.4) is 0 Å². The van der Waals surface area contributed by atoms with E-state index in [4.69, 9.17) is 20.9 Å². The summed E-state index contributed by atoms with van der Waals surface area (Å²) in [6, 6.07) is 3.88. The van der Waals surface area contributed by atoms with Gasteiger partial charge in [-0.15, -0.1) is 0 Å². The van der Waals surface area contributed by atoms with Crippen LogP contribution in [0.5, 0.6) is 11.5 Å². The van der Waals surface area contributed by atoms with Crippen molar-refractivity contribution in [2.45, 2.75) is 32.2 Å².